The number of fused-ring (bicyclic) bond motifs is 1. The Kier molecular flexibility index (Phi) is 4.06. The molecule has 0 aromatic carbocycles. The predicted molar refractivity (Wildman–Crippen MR) is 81.6 cm³/mol. The lowest BCUT2D eigenvalue weighted by atomic mass is 10.1. The Hall–Kier alpha value is -1.91. The minimum absolute atomic E-state index is 0.259. The standard InChI is InChI=1S/C15H22N4O/c1-6-8-18(7-2)14-16-13-12(5)11(4)10(3)9-19(13)15(20)17-14/h9H,6-8H2,1-5H3. The van der Waals surface area contributed by atoms with Crippen LogP contribution in [0.2, 0.25) is 0 Å². The molecule has 20 heavy (non-hydrogen) atoms. The fourth-order valence-electron chi connectivity index (χ4n) is 2.35. The second kappa shape index (κ2) is 5.61. The van der Waals surface area contributed by atoms with E-state index in [1.165, 1.54) is 5.56 Å². The third-order valence-corrected chi connectivity index (χ3v) is 3.81. The molecule has 0 N–H and O–H groups in total. The molecule has 0 atom stereocenters. The highest BCUT2D eigenvalue weighted by Gasteiger charge is 2.13. The van der Waals surface area contributed by atoms with Crippen LogP contribution in [-0.2, 0) is 0 Å². The maximum atomic E-state index is 12.2. The van der Waals surface area contributed by atoms with Gasteiger partial charge in [-0.25, -0.2) is 4.79 Å². The normalized spacial score (nSPS) is 11.1. The van der Waals surface area contributed by atoms with E-state index >= 15 is 0 Å². The molecule has 0 saturated heterocycles. The summed E-state index contributed by atoms with van der Waals surface area (Å²) in [5, 5.41) is 0. The van der Waals surface area contributed by atoms with Gasteiger partial charge in [-0.15, -0.1) is 0 Å². The molecule has 0 spiro atoms. The highest BCUT2D eigenvalue weighted by Crippen LogP contribution is 2.17. The van der Waals surface area contributed by atoms with Crippen molar-refractivity contribution in [2.45, 2.75) is 41.0 Å². The molecule has 0 amide bonds. The first kappa shape index (κ1) is 14.5. The molecule has 0 bridgehead atoms. The maximum Gasteiger partial charge on any atom is 0.356 e. The number of hydrogen-bond acceptors (Lipinski definition) is 4. The molecule has 0 saturated carbocycles. The second-order valence-corrected chi connectivity index (χ2v) is 5.14. The minimum atomic E-state index is -0.259. The van der Waals surface area contributed by atoms with Gasteiger partial charge < -0.3 is 4.90 Å². The zero-order valence-corrected chi connectivity index (χ0v) is 12.9. The summed E-state index contributed by atoms with van der Waals surface area (Å²) in [5.74, 6) is 0.533. The first-order chi connectivity index (χ1) is 9.49. The number of rotatable bonds is 4. The number of nitrogens with zero attached hydrogens (tertiary/aromatic N) is 4. The summed E-state index contributed by atoms with van der Waals surface area (Å²) in [6.45, 7) is 11.9. The Labute approximate surface area is 119 Å². The summed E-state index contributed by atoms with van der Waals surface area (Å²) in [4.78, 5) is 23.0. The van der Waals surface area contributed by atoms with Crippen molar-refractivity contribution in [3.8, 4) is 0 Å². The molecule has 0 aliphatic carbocycles. The Morgan fingerprint density at radius 2 is 1.85 bits per heavy atom. The van der Waals surface area contributed by atoms with Crippen molar-refractivity contribution in [3.05, 3.63) is 33.4 Å². The average Bonchev–Trinajstić information content (AvgIpc) is 2.43. The molecular formula is C15H22N4O. The highest BCUT2D eigenvalue weighted by molar-refractivity contribution is 5.54. The van der Waals surface area contributed by atoms with Crippen LogP contribution in [0, 0.1) is 20.8 Å². The van der Waals surface area contributed by atoms with Crippen LogP contribution in [0.5, 0.6) is 0 Å². The van der Waals surface area contributed by atoms with Crippen LogP contribution in [0.4, 0.5) is 5.95 Å². The van der Waals surface area contributed by atoms with E-state index in [1.54, 1.807) is 4.40 Å². The van der Waals surface area contributed by atoms with Gasteiger partial charge in [-0.3, -0.25) is 4.40 Å². The van der Waals surface area contributed by atoms with Crippen LogP contribution in [0.25, 0.3) is 5.65 Å². The third kappa shape index (κ3) is 2.40. The van der Waals surface area contributed by atoms with Gasteiger partial charge in [-0.2, -0.15) is 9.97 Å². The quantitative estimate of drug-likeness (QED) is 0.858. The molecule has 5 heteroatoms. The topological polar surface area (TPSA) is 50.5 Å². The monoisotopic (exact) mass is 274 g/mol. The molecule has 2 heterocycles. The fourth-order valence-corrected chi connectivity index (χ4v) is 2.35. The molecule has 2 rings (SSSR count). The number of hydrogen-bond donors (Lipinski definition) is 0. The molecule has 0 aliphatic heterocycles. The van der Waals surface area contributed by atoms with Crippen LogP contribution < -0.4 is 10.6 Å². The SMILES string of the molecule is CCCN(CC)c1nc(=O)n2cc(C)c(C)c(C)c2n1. The molecule has 108 valence electrons. The van der Waals surface area contributed by atoms with E-state index in [9.17, 15) is 4.79 Å². The van der Waals surface area contributed by atoms with E-state index in [0.717, 1.165) is 30.6 Å². The molecule has 0 radical (unpaired) electrons. The van der Waals surface area contributed by atoms with Crippen molar-refractivity contribution in [2.24, 2.45) is 0 Å². The van der Waals surface area contributed by atoms with Gasteiger partial charge in [0.1, 0.15) is 5.65 Å². The van der Waals surface area contributed by atoms with Crippen molar-refractivity contribution in [3.63, 3.8) is 0 Å². The van der Waals surface area contributed by atoms with Crippen LogP contribution in [0.1, 0.15) is 37.0 Å². The number of aryl methyl sites for hydroxylation is 2. The number of anilines is 1. The highest BCUT2D eigenvalue weighted by atomic mass is 16.1. The van der Waals surface area contributed by atoms with Gasteiger partial charge in [0.2, 0.25) is 5.95 Å². The van der Waals surface area contributed by atoms with Crippen LogP contribution in [0.15, 0.2) is 11.0 Å². The molecule has 0 aliphatic rings. The van der Waals surface area contributed by atoms with Crippen LogP contribution >= 0.6 is 0 Å². The predicted octanol–water partition coefficient (Wildman–Crippen LogP) is 2.25. The van der Waals surface area contributed by atoms with Crippen LogP contribution in [0.3, 0.4) is 0 Å². The van der Waals surface area contributed by atoms with E-state index < -0.39 is 0 Å². The summed E-state index contributed by atoms with van der Waals surface area (Å²) in [6, 6.07) is 0. The van der Waals surface area contributed by atoms with Gasteiger partial charge in [0.25, 0.3) is 0 Å². The molecule has 2 aromatic rings. The van der Waals surface area contributed by atoms with Gasteiger partial charge in [-0.1, -0.05) is 6.92 Å². The van der Waals surface area contributed by atoms with Gasteiger partial charge in [0, 0.05) is 19.3 Å². The lowest BCUT2D eigenvalue weighted by molar-refractivity contribution is 0.750. The Morgan fingerprint density at radius 1 is 1.15 bits per heavy atom. The fraction of sp³-hybridized carbons (Fsp3) is 0.533. The maximum absolute atomic E-state index is 12.2. The average molecular weight is 274 g/mol. The lowest BCUT2D eigenvalue weighted by Gasteiger charge is -2.20. The number of aromatic nitrogens is 3. The first-order valence-corrected chi connectivity index (χ1v) is 7.11. The van der Waals surface area contributed by atoms with Crippen molar-refractivity contribution in [2.75, 3.05) is 18.0 Å². The summed E-state index contributed by atoms with van der Waals surface area (Å²) in [6.07, 6.45) is 2.82. The Balaban J connectivity index is 2.71. The molecule has 0 fully saturated rings. The molecule has 2 aromatic heterocycles. The number of pyridine rings is 1. The molecule has 5 nitrogen and oxygen atoms in total. The van der Waals surface area contributed by atoms with Crippen LogP contribution in [-0.4, -0.2) is 27.5 Å². The Morgan fingerprint density at radius 3 is 2.45 bits per heavy atom. The summed E-state index contributed by atoms with van der Waals surface area (Å²) < 4.78 is 1.54. The second-order valence-electron chi connectivity index (χ2n) is 5.14. The molecule has 0 unspecified atom stereocenters. The summed E-state index contributed by atoms with van der Waals surface area (Å²) >= 11 is 0. The van der Waals surface area contributed by atoms with E-state index in [1.807, 2.05) is 31.9 Å². The van der Waals surface area contributed by atoms with Gasteiger partial charge in [0.15, 0.2) is 0 Å². The van der Waals surface area contributed by atoms with Gasteiger partial charge in [0.05, 0.1) is 0 Å². The molecular weight excluding hydrogens is 252 g/mol. The van der Waals surface area contributed by atoms with Crippen molar-refractivity contribution in [1.29, 1.82) is 0 Å². The van der Waals surface area contributed by atoms with E-state index in [4.69, 9.17) is 0 Å². The van der Waals surface area contributed by atoms with E-state index in [-0.39, 0.29) is 5.69 Å². The van der Waals surface area contributed by atoms with Crippen molar-refractivity contribution < 1.29 is 0 Å². The minimum Gasteiger partial charge on any atom is -0.341 e. The van der Waals surface area contributed by atoms with Gasteiger partial charge in [-0.05, 0) is 50.8 Å². The first-order valence-electron chi connectivity index (χ1n) is 7.11. The van der Waals surface area contributed by atoms with Crippen molar-refractivity contribution in [1.82, 2.24) is 14.4 Å². The zero-order valence-electron chi connectivity index (χ0n) is 12.9. The summed E-state index contributed by atoms with van der Waals surface area (Å²) in [7, 11) is 0. The van der Waals surface area contributed by atoms with Crippen molar-refractivity contribution >= 4 is 11.6 Å². The van der Waals surface area contributed by atoms with E-state index in [0.29, 0.717) is 11.6 Å². The van der Waals surface area contributed by atoms with E-state index in [2.05, 4.69) is 23.8 Å². The third-order valence-electron chi connectivity index (χ3n) is 3.81. The zero-order chi connectivity index (χ0) is 14.9. The lowest BCUT2D eigenvalue weighted by Crippen LogP contribution is -2.30. The Bertz CT molecular complexity index is 690. The van der Waals surface area contributed by atoms with Gasteiger partial charge >= 0.3 is 5.69 Å². The summed E-state index contributed by atoms with van der Waals surface area (Å²) in [5.41, 5.74) is 3.74. The largest absolute Gasteiger partial charge is 0.356 e. The smallest absolute Gasteiger partial charge is 0.341 e.